The van der Waals surface area contributed by atoms with E-state index in [1.54, 1.807) is 13.0 Å². The van der Waals surface area contributed by atoms with Gasteiger partial charge in [-0.05, 0) is 36.2 Å². The Hall–Kier alpha value is -4.06. The topological polar surface area (TPSA) is 74.4 Å². The molecule has 2 unspecified atom stereocenters. The Bertz CT molecular complexity index is 1300. The van der Waals surface area contributed by atoms with E-state index in [-0.39, 0.29) is 24.3 Å². The monoisotopic (exact) mass is 439 g/mol. The number of nitrogens with one attached hydrogen (secondary N) is 2. The Labute approximate surface area is 192 Å². The van der Waals surface area contributed by atoms with Gasteiger partial charge in [-0.25, -0.2) is 0 Å². The average molecular weight is 440 g/mol. The lowest BCUT2D eigenvalue weighted by Gasteiger charge is -2.32. The third-order valence-corrected chi connectivity index (χ3v) is 6.08. The van der Waals surface area contributed by atoms with Crippen LogP contribution < -0.4 is 15.0 Å². The van der Waals surface area contributed by atoms with Gasteiger partial charge in [0, 0.05) is 29.6 Å². The third kappa shape index (κ3) is 4.07. The molecule has 33 heavy (non-hydrogen) atoms. The minimum atomic E-state index is -0.629. The number of hydrogen-bond donors (Lipinski definition) is 2. The van der Waals surface area contributed by atoms with Crippen LogP contribution in [0, 0.1) is 0 Å². The van der Waals surface area contributed by atoms with Crippen LogP contribution in [0.25, 0.3) is 10.9 Å². The Kier molecular flexibility index (Phi) is 5.57. The van der Waals surface area contributed by atoms with Gasteiger partial charge < -0.3 is 15.0 Å². The predicted octanol–water partition coefficient (Wildman–Crippen LogP) is 4.23. The van der Waals surface area contributed by atoms with Crippen molar-refractivity contribution < 1.29 is 14.3 Å². The van der Waals surface area contributed by atoms with Gasteiger partial charge in [-0.1, -0.05) is 60.7 Å². The minimum absolute atomic E-state index is 0.0297. The summed E-state index contributed by atoms with van der Waals surface area (Å²) in [5, 5.41) is 4.19. The number of carbonyl (C=O) groups is 2. The molecule has 166 valence electrons. The lowest BCUT2D eigenvalue weighted by molar-refractivity contribution is -0.128. The van der Waals surface area contributed by atoms with Crippen molar-refractivity contribution in [3.63, 3.8) is 0 Å². The second kappa shape index (κ2) is 8.82. The van der Waals surface area contributed by atoms with Crippen LogP contribution in [-0.2, 0) is 9.59 Å². The molecule has 0 bridgehead atoms. The van der Waals surface area contributed by atoms with Crippen molar-refractivity contribution in [2.45, 2.75) is 18.9 Å². The van der Waals surface area contributed by atoms with Crippen molar-refractivity contribution in [3.05, 3.63) is 96.2 Å². The second-order valence-corrected chi connectivity index (χ2v) is 8.21. The van der Waals surface area contributed by atoms with Crippen LogP contribution in [0.5, 0.6) is 5.75 Å². The van der Waals surface area contributed by atoms with E-state index in [9.17, 15) is 9.59 Å². The number of aromatic nitrogens is 1. The molecule has 2 amide bonds. The van der Waals surface area contributed by atoms with Gasteiger partial charge >= 0.3 is 0 Å². The molecule has 6 heteroatoms. The molecule has 4 aromatic rings. The minimum Gasteiger partial charge on any atom is -0.479 e. The summed E-state index contributed by atoms with van der Waals surface area (Å²) in [5.74, 6) is 0.143. The van der Waals surface area contributed by atoms with Gasteiger partial charge in [0.2, 0.25) is 5.91 Å². The first-order valence-corrected chi connectivity index (χ1v) is 11.1. The summed E-state index contributed by atoms with van der Waals surface area (Å²) in [5.41, 5.74) is 3.92. The maximum atomic E-state index is 13.0. The summed E-state index contributed by atoms with van der Waals surface area (Å²) in [4.78, 5) is 30.6. The molecule has 0 aliphatic carbocycles. The van der Waals surface area contributed by atoms with Crippen molar-refractivity contribution >= 4 is 28.4 Å². The van der Waals surface area contributed by atoms with E-state index < -0.39 is 6.10 Å². The first-order chi connectivity index (χ1) is 16.1. The number of aromatic amines is 1. The number of nitrogens with zero attached hydrogens (tertiary/aromatic N) is 1. The largest absolute Gasteiger partial charge is 0.479 e. The second-order valence-electron chi connectivity index (χ2n) is 8.21. The van der Waals surface area contributed by atoms with E-state index in [4.69, 9.17) is 4.74 Å². The van der Waals surface area contributed by atoms with Crippen LogP contribution in [-0.4, -0.2) is 36.0 Å². The van der Waals surface area contributed by atoms with Crippen molar-refractivity contribution in [3.8, 4) is 5.75 Å². The quantitative estimate of drug-likeness (QED) is 0.472. The zero-order valence-corrected chi connectivity index (χ0v) is 18.3. The fourth-order valence-corrected chi connectivity index (χ4v) is 4.41. The van der Waals surface area contributed by atoms with Gasteiger partial charge in [0.25, 0.3) is 5.91 Å². The Morgan fingerprint density at radius 3 is 2.61 bits per heavy atom. The number of benzene rings is 3. The summed E-state index contributed by atoms with van der Waals surface area (Å²) in [6.45, 7) is 2.06. The molecule has 1 aliphatic heterocycles. The van der Waals surface area contributed by atoms with E-state index in [1.807, 2.05) is 60.8 Å². The highest BCUT2D eigenvalue weighted by atomic mass is 16.5. The molecule has 6 nitrogen and oxygen atoms in total. The lowest BCUT2D eigenvalue weighted by atomic mass is 9.91. The predicted molar refractivity (Wildman–Crippen MR) is 128 cm³/mol. The number of ether oxygens (including phenoxy) is 1. The molecule has 0 fully saturated rings. The molecule has 0 saturated carbocycles. The summed E-state index contributed by atoms with van der Waals surface area (Å²) in [7, 11) is 0. The molecule has 2 atom stereocenters. The van der Waals surface area contributed by atoms with E-state index in [1.165, 1.54) is 4.90 Å². The number of hydrogen-bond acceptors (Lipinski definition) is 3. The summed E-state index contributed by atoms with van der Waals surface area (Å²) >= 11 is 0. The third-order valence-electron chi connectivity index (χ3n) is 6.08. The molecule has 2 N–H and O–H groups in total. The maximum absolute atomic E-state index is 13.0. The molecule has 2 heterocycles. The number of carbonyl (C=O) groups excluding carboxylic acids is 2. The van der Waals surface area contributed by atoms with Crippen LogP contribution in [0.3, 0.4) is 0 Å². The van der Waals surface area contributed by atoms with Gasteiger partial charge in [-0.2, -0.15) is 0 Å². The van der Waals surface area contributed by atoms with Gasteiger partial charge in [0.05, 0.1) is 5.69 Å². The smallest absolute Gasteiger partial charge is 0.268 e. The SMILES string of the molecule is CC1Oc2ccccc2N(CC(=O)NCC(c2ccccc2)c2c[nH]c3ccccc23)C1=O. The maximum Gasteiger partial charge on any atom is 0.268 e. The Morgan fingerprint density at radius 1 is 1.03 bits per heavy atom. The number of amides is 2. The van der Waals surface area contributed by atoms with Gasteiger partial charge in [0.1, 0.15) is 12.3 Å². The zero-order chi connectivity index (χ0) is 22.8. The van der Waals surface area contributed by atoms with E-state index in [0.717, 1.165) is 22.0 Å². The van der Waals surface area contributed by atoms with Crippen molar-refractivity contribution in [2.75, 3.05) is 18.0 Å². The Morgan fingerprint density at radius 2 is 1.76 bits per heavy atom. The summed E-state index contributed by atoms with van der Waals surface area (Å²) < 4.78 is 5.68. The lowest BCUT2D eigenvalue weighted by Crippen LogP contribution is -2.49. The first-order valence-electron chi connectivity index (χ1n) is 11.1. The molecule has 1 aromatic heterocycles. The highest BCUT2D eigenvalue weighted by Gasteiger charge is 2.32. The number of fused-ring (bicyclic) bond motifs is 2. The number of rotatable bonds is 6. The Balaban J connectivity index is 1.37. The van der Waals surface area contributed by atoms with Crippen LogP contribution in [0.4, 0.5) is 5.69 Å². The molecule has 0 radical (unpaired) electrons. The normalized spacial score (nSPS) is 16.2. The van der Waals surface area contributed by atoms with Gasteiger partial charge in [-0.15, -0.1) is 0 Å². The van der Waals surface area contributed by atoms with Crippen molar-refractivity contribution in [2.24, 2.45) is 0 Å². The zero-order valence-electron chi connectivity index (χ0n) is 18.3. The van der Waals surface area contributed by atoms with Gasteiger partial charge in [-0.3, -0.25) is 14.5 Å². The molecule has 0 spiro atoms. The van der Waals surface area contributed by atoms with Crippen LogP contribution in [0.15, 0.2) is 85.1 Å². The number of para-hydroxylation sites is 3. The van der Waals surface area contributed by atoms with Crippen molar-refractivity contribution in [1.29, 1.82) is 0 Å². The van der Waals surface area contributed by atoms with E-state index in [0.29, 0.717) is 18.0 Å². The number of anilines is 1. The first kappa shape index (κ1) is 20.8. The summed E-state index contributed by atoms with van der Waals surface area (Å²) in [6, 6.07) is 25.6. The van der Waals surface area contributed by atoms with E-state index in [2.05, 4.69) is 28.5 Å². The molecule has 0 saturated heterocycles. The fraction of sp³-hybridized carbons (Fsp3) is 0.185. The van der Waals surface area contributed by atoms with E-state index >= 15 is 0 Å². The number of H-pyrrole nitrogens is 1. The van der Waals surface area contributed by atoms with Crippen LogP contribution in [0.1, 0.15) is 24.0 Å². The average Bonchev–Trinajstić information content (AvgIpc) is 3.27. The molecule has 3 aromatic carbocycles. The molecule has 5 rings (SSSR count). The fourth-order valence-electron chi connectivity index (χ4n) is 4.41. The van der Waals surface area contributed by atoms with Gasteiger partial charge in [0.15, 0.2) is 6.10 Å². The highest BCUT2D eigenvalue weighted by Crippen LogP contribution is 2.34. The molecular weight excluding hydrogens is 414 g/mol. The summed E-state index contributed by atoms with van der Waals surface area (Å²) in [6.07, 6.45) is 1.38. The van der Waals surface area contributed by atoms with Crippen LogP contribution >= 0.6 is 0 Å². The molecule has 1 aliphatic rings. The highest BCUT2D eigenvalue weighted by molar-refractivity contribution is 6.03. The van der Waals surface area contributed by atoms with Crippen molar-refractivity contribution in [1.82, 2.24) is 10.3 Å². The molecular formula is C27H25N3O3. The van der Waals surface area contributed by atoms with Crippen LogP contribution in [0.2, 0.25) is 0 Å². The standard InChI is InChI=1S/C27H25N3O3/c1-18-27(32)30(24-13-7-8-14-25(24)33-18)17-26(31)29-15-21(19-9-3-2-4-10-19)22-16-28-23-12-6-5-11-20(22)23/h2-14,16,18,21,28H,15,17H2,1H3,(H,29,31).